The number of para-hydroxylation sites is 4. The Morgan fingerprint density at radius 2 is 1.01 bits per heavy atom. The van der Waals surface area contributed by atoms with Crippen LogP contribution in [0.2, 0.25) is 0 Å². The standard InChI is InChI=1S/C64H40N2OS/c1-2-21-48-41(15-1)16-13-26-49(48)42-33-35-45(36-34-42)65(46-19-11-17-43(39-46)50-27-14-28-55-53-24-5-9-31-60(53)67-63(50)55)59-38-37-56-54-25-6-10-32-61(54)68-64(56)62(59)44-18-12-20-47(40-44)66-57-29-7-3-22-51(57)52-23-4-8-30-58(52)66/h1-40H. The topological polar surface area (TPSA) is 21.3 Å². The van der Waals surface area contributed by atoms with Crippen molar-refractivity contribution >= 4 is 103 Å². The molecule has 0 saturated carbocycles. The lowest BCUT2D eigenvalue weighted by molar-refractivity contribution is 0.670. The van der Waals surface area contributed by atoms with Crippen LogP contribution in [-0.2, 0) is 0 Å². The van der Waals surface area contributed by atoms with Crippen LogP contribution in [0.4, 0.5) is 17.1 Å². The number of thiophene rings is 1. The molecule has 0 N–H and O–H groups in total. The zero-order valence-electron chi connectivity index (χ0n) is 36.8. The highest BCUT2D eigenvalue weighted by Crippen LogP contribution is 2.50. The highest BCUT2D eigenvalue weighted by Gasteiger charge is 2.24. The summed E-state index contributed by atoms with van der Waals surface area (Å²) in [5.41, 5.74) is 15.4. The van der Waals surface area contributed by atoms with E-state index >= 15 is 0 Å². The van der Waals surface area contributed by atoms with Gasteiger partial charge in [0.25, 0.3) is 0 Å². The lowest BCUT2D eigenvalue weighted by Gasteiger charge is -2.29. The average Bonchev–Trinajstić information content (AvgIpc) is 4.09. The first-order chi connectivity index (χ1) is 33.7. The number of aromatic nitrogens is 1. The van der Waals surface area contributed by atoms with Gasteiger partial charge in [0, 0.05) is 69.9 Å². The Morgan fingerprint density at radius 1 is 0.382 bits per heavy atom. The van der Waals surface area contributed by atoms with Crippen LogP contribution in [0.15, 0.2) is 247 Å². The molecular formula is C64H40N2OS. The average molecular weight is 885 g/mol. The summed E-state index contributed by atoms with van der Waals surface area (Å²) in [6.45, 7) is 0. The summed E-state index contributed by atoms with van der Waals surface area (Å²) in [5.74, 6) is 0. The van der Waals surface area contributed by atoms with Crippen molar-refractivity contribution in [1.29, 1.82) is 0 Å². The van der Waals surface area contributed by atoms with Crippen LogP contribution in [0.5, 0.6) is 0 Å². The molecule has 4 heteroatoms. The predicted octanol–water partition coefficient (Wildman–Crippen LogP) is 18.7. The van der Waals surface area contributed by atoms with Gasteiger partial charge in [-0.15, -0.1) is 11.3 Å². The molecule has 3 aromatic heterocycles. The van der Waals surface area contributed by atoms with E-state index in [-0.39, 0.29) is 0 Å². The van der Waals surface area contributed by atoms with Crippen LogP contribution in [0.1, 0.15) is 0 Å². The van der Waals surface area contributed by atoms with Gasteiger partial charge in [-0.1, -0.05) is 176 Å². The fourth-order valence-corrected chi connectivity index (χ4v) is 12.0. The molecule has 0 bridgehead atoms. The second kappa shape index (κ2) is 15.5. The Labute approximate surface area is 396 Å². The number of fused-ring (bicyclic) bond motifs is 10. The van der Waals surface area contributed by atoms with Crippen LogP contribution >= 0.6 is 11.3 Å². The first-order valence-electron chi connectivity index (χ1n) is 23.2. The second-order valence-corrected chi connectivity index (χ2v) is 18.6. The van der Waals surface area contributed by atoms with Crippen LogP contribution in [0.25, 0.3) is 114 Å². The van der Waals surface area contributed by atoms with Crippen molar-refractivity contribution in [2.75, 3.05) is 4.90 Å². The molecule has 0 unspecified atom stereocenters. The third-order valence-electron chi connectivity index (χ3n) is 13.8. The highest BCUT2D eigenvalue weighted by molar-refractivity contribution is 7.26. The molecule has 68 heavy (non-hydrogen) atoms. The molecule has 0 fully saturated rings. The molecule has 11 aromatic carbocycles. The molecule has 14 aromatic rings. The Morgan fingerprint density at radius 3 is 1.85 bits per heavy atom. The lowest BCUT2D eigenvalue weighted by atomic mass is 9.96. The SMILES string of the molecule is c1cc(-c2cccc3c2oc2ccccc23)cc(N(c2ccc(-c3cccc4ccccc34)cc2)c2ccc3c(sc4ccccc43)c2-c2cccc(-n3c4ccccc4c4ccccc43)c2)c1. The molecule has 14 rings (SSSR count). The minimum Gasteiger partial charge on any atom is -0.455 e. The smallest absolute Gasteiger partial charge is 0.143 e. The molecule has 0 aliphatic heterocycles. The van der Waals surface area contributed by atoms with E-state index in [4.69, 9.17) is 4.42 Å². The Bertz CT molecular complexity index is 4230. The predicted molar refractivity (Wildman–Crippen MR) is 289 cm³/mol. The number of nitrogens with zero attached hydrogens (tertiary/aromatic N) is 2. The fourth-order valence-electron chi connectivity index (χ4n) is 10.7. The molecule has 0 radical (unpaired) electrons. The van der Waals surface area contributed by atoms with Crippen LogP contribution < -0.4 is 4.90 Å². The molecular weight excluding hydrogens is 845 g/mol. The van der Waals surface area contributed by atoms with Gasteiger partial charge in [-0.05, 0) is 99.8 Å². The normalized spacial score (nSPS) is 11.8. The van der Waals surface area contributed by atoms with E-state index in [1.54, 1.807) is 0 Å². The van der Waals surface area contributed by atoms with Crippen molar-refractivity contribution in [3.05, 3.63) is 243 Å². The van der Waals surface area contributed by atoms with E-state index in [0.29, 0.717) is 0 Å². The van der Waals surface area contributed by atoms with Gasteiger partial charge in [-0.25, -0.2) is 0 Å². The quantitative estimate of drug-likeness (QED) is 0.159. The second-order valence-electron chi connectivity index (χ2n) is 17.6. The van der Waals surface area contributed by atoms with Gasteiger partial charge in [0.2, 0.25) is 0 Å². The Hall–Kier alpha value is -8.70. The largest absolute Gasteiger partial charge is 0.455 e. The number of anilines is 3. The van der Waals surface area contributed by atoms with E-state index < -0.39 is 0 Å². The van der Waals surface area contributed by atoms with Crippen molar-refractivity contribution in [1.82, 2.24) is 4.57 Å². The maximum atomic E-state index is 6.63. The van der Waals surface area contributed by atoms with Gasteiger partial charge in [0.15, 0.2) is 0 Å². The Kier molecular flexibility index (Phi) is 8.76. The summed E-state index contributed by atoms with van der Waals surface area (Å²) in [4.78, 5) is 2.46. The monoisotopic (exact) mass is 884 g/mol. The van der Waals surface area contributed by atoms with E-state index in [1.807, 2.05) is 17.4 Å². The number of hydrogen-bond donors (Lipinski definition) is 0. The van der Waals surface area contributed by atoms with Crippen molar-refractivity contribution < 1.29 is 4.42 Å². The summed E-state index contributed by atoms with van der Waals surface area (Å²) in [6, 6.07) is 88.3. The van der Waals surface area contributed by atoms with Crippen LogP contribution in [-0.4, -0.2) is 4.57 Å². The molecule has 0 atom stereocenters. The number of hydrogen-bond acceptors (Lipinski definition) is 3. The van der Waals surface area contributed by atoms with Gasteiger partial charge >= 0.3 is 0 Å². The van der Waals surface area contributed by atoms with Crippen molar-refractivity contribution in [3.63, 3.8) is 0 Å². The third kappa shape index (κ3) is 6.05. The molecule has 318 valence electrons. The van der Waals surface area contributed by atoms with Gasteiger partial charge in [0.1, 0.15) is 11.2 Å². The van der Waals surface area contributed by atoms with Crippen molar-refractivity contribution in [2.45, 2.75) is 0 Å². The summed E-state index contributed by atoms with van der Waals surface area (Å²) in [7, 11) is 0. The summed E-state index contributed by atoms with van der Waals surface area (Å²) in [5, 5.41) is 9.73. The lowest BCUT2D eigenvalue weighted by Crippen LogP contribution is -2.11. The van der Waals surface area contributed by atoms with E-state index in [9.17, 15) is 0 Å². The molecule has 3 nitrogen and oxygen atoms in total. The van der Waals surface area contributed by atoms with Gasteiger partial charge < -0.3 is 13.9 Å². The van der Waals surface area contributed by atoms with E-state index in [0.717, 1.165) is 61.4 Å². The summed E-state index contributed by atoms with van der Waals surface area (Å²) >= 11 is 1.87. The zero-order valence-corrected chi connectivity index (χ0v) is 37.6. The van der Waals surface area contributed by atoms with Crippen molar-refractivity contribution in [3.8, 4) is 39.1 Å². The van der Waals surface area contributed by atoms with E-state index in [1.165, 1.54) is 69.4 Å². The zero-order chi connectivity index (χ0) is 44.7. The van der Waals surface area contributed by atoms with Gasteiger partial charge in [-0.2, -0.15) is 0 Å². The summed E-state index contributed by atoms with van der Waals surface area (Å²) in [6.07, 6.45) is 0. The highest BCUT2D eigenvalue weighted by atomic mass is 32.1. The number of benzene rings is 11. The Balaban J connectivity index is 1.02. The minimum absolute atomic E-state index is 0.892. The van der Waals surface area contributed by atoms with Gasteiger partial charge in [-0.3, -0.25) is 0 Å². The summed E-state index contributed by atoms with van der Waals surface area (Å²) < 4.78 is 11.6. The van der Waals surface area contributed by atoms with Gasteiger partial charge in [0.05, 0.1) is 16.7 Å². The molecule has 0 aliphatic rings. The maximum absolute atomic E-state index is 6.63. The maximum Gasteiger partial charge on any atom is 0.143 e. The van der Waals surface area contributed by atoms with Crippen LogP contribution in [0.3, 0.4) is 0 Å². The molecule has 0 spiro atoms. The molecule has 0 amide bonds. The number of furan rings is 1. The minimum atomic E-state index is 0.892. The molecule has 3 heterocycles. The molecule has 0 aliphatic carbocycles. The third-order valence-corrected chi connectivity index (χ3v) is 15.0. The fraction of sp³-hybridized carbons (Fsp3) is 0. The first kappa shape index (κ1) is 38.6. The number of rotatable bonds is 7. The first-order valence-corrected chi connectivity index (χ1v) is 24.0. The van der Waals surface area contributed by atoms with Crippen molar-refractivity contribution in [2.24, 2.45) is 0 Å². The van der Waals surface area contributed by atoms with E-state index in [2.05, 4.69) is 246 Å². The molecule has 0 saturated heterocycles. The van der Waals surface area contributed by atoms with Crippen LogP contribution in [0, 0.1) is 0 Å².